The predicted molar refractivity (Wildman–Crippen MR) is 60.6 cm³/mol. The minimum atomic E-state index is 0.668. The molecule has 0 saturated carbocycles. The zero-order valence-corrected chi connectivity index (χ0v) is 9.41. The molecule has 1 aromatic carbocycles. The number of ether oxygens (including phenoxy) is 1. The summed E-state index contributed by atoms with van der Waals surface area (Å²) in [4.78, 5) is 4.33. The molecular formula is C11H10BrNO. The van der Waals surface area contributed by atoms with Gasteiger partial charge in [-0.25, -0.2) is 0 Å². The van der Waals surface area contributed by atoms with Gasteiger partial charge in [-0.05, 0) is 35.0 Å². The molecule has 0 aliphatic rings. The number of aromatic nitrogens is 1. The Balaban J connectivity index is 2.56. The van der Waals surface area contributed by atoms with E-state index in [0.717, 1.165) is 21.1 Å². The zero-order chi connectivity index (χ0) is 9.97. The number of nitrogens with zero attached hydrogens (tertiary/aromatic N) is 1. The first-order chi connectivity index (χ1) is 6.81. The average molecular weight is 252 g/mol. The number of pyridine rings is 1. The van der Waals surface area contributed by atoms with E-state index >= 15 is 0 Å². The van der Waals surface area contributed by atoms with Crippen LogP contribution in [0.3, 0.4) is 0 Å². The molecule has 2 rings (SSSR count). The van der Waals surface area contributed by atoms with Crippen LogP contribution < -0.4 is 4.74 Å². The van der Waals surface area contributed by atoms with E-state index in [1.807, 2.05) is 31.2 Å². The highest BCUT2D eigenvalue weighted by atomic mass is 79.9. The Morgan fingerprint density at radius 1 is 1.43 bits per heavy atom. The Morgan fingerprint density at radius 2 is 2.29 bits per heavy atom. The van der Waals surface area contributed by atoms with E-state index in [1.54, 1.807) is 6.20 Å². The van der Waals surface area contributed by atoms with Crippen LogP contribution in [-0.4, -0.2) is 11.6 Å². The Kier molecular flexibility index (Phi) is 2.68. The van der Waals surface area contributed by atoms with Gasteiger partial charge in [0.2, 0.25) is 0 Å². The van der Waals surface area contributed by atoms with Crippen LogP contribution in [0.1, 0.15) is 6.92 Å². The second kappa shape index (κ2) is 3.96. The third-order valence-corrected chi connectivity index (χ3v) is 2.59. The van der Waals surface area contributed by atoms with Crippen LogP contribution >= 0.6 is 15.9 Å². The van der Waals surface area contributed by atoms with E-state index in [1.165, 1.54) is 0 Å². The van der Waals surface area contributed by atoms with Crippen LogP contribution in [0.25, 0.3) is 10.9 Å². The minimum absolute atomic E-state index is 0.668. The van der Waals surface area contributed by atoms with Crippen molar-refractivity contribution in [3.8, 4) is 5.75 Å². The molecule has 2 aromatic rings. The predicted octanol–water partition coefficient (Wildman–Crippen LogP) is 3.40. The van der Waals surface area contributed by atoms with Crippen LogP contribution in [0.15, 0.2) is 34.9 Å². The van der Waals surface area contributed by atoms with Crippen molar-refractivity contribution < 1.29 is 4.74 Å². The Labute approximate surface area is 91.0 Å². The summed E-state index contributed by atoms with van der Waals surface area (Å²) in [7, 11) is 0. The van der Waals surface area contributed by atoms with E-state index in [2.05, 4.69) is 20.9 Å². The largest absolute Gasteiger partial charge is 0.492 e. The number of para-hydroxylation sites is 1. The summed E-state index contributed by atoms with van der Waals surface area (Å²) in [5.74, 6) is 0.818. The summed E-state index contributed by atoms with van der Waals surface area (Å²) < 4.78 is 6.39. The molecule has 1 aromatic heterocycles. The monoisotopic (exact) mass is 251 g/mol. The van der Waals surface area contributed by atoms with Crippen LogP contribution in [0.4, 0.5) is 0 Å². The molecule has 0 bridgehead atoms. The summed E-state index contributed by atoms with van der Waals surface area (Å²) in [5, 5.41) is 1.09. The minimum Gasteiger partial charge on any atom is -0.492 e. The molecule has 0 unspecified atom stereocenters. The number of fused-ring (bicyclic) bond motifs is 1. The molecule has 0 aliphatic carbocycles. The standard InChI is InChI=1S/C11H10BrNO/c1-2-14-9-6-8-4-3-5-10(12)11(8)13-7-9/h3-7H,2H2,1H3. The van der Waals surface area contributed by atoms with Gasteiger partial charge < -0.3 is 4.74 Å². The van der Waals surface area contributed by atoms with Gasteiger partial charge in [-0.2, -0.15) is 0 Å². The summed E-state index contributed by atoms with van der Waals surface area (Å²) in [6, 6.07) is 7.99. The molecule has 14 heavy (non-hydrogen) atoms. The lowest BCUT2D eigenvalue weighted by molar-refractivity contribution is 0.339. The smallest absolute Gasteiger partial charge is 0.138 e. The maximum Gasteiger partial charge on any atom is 0.138 e. The molecule has 0 spiro atoms. The third kappa shape index (κ3) is 1.73. The molecule has 0 saturated heterocycles. The highest BCUT2D eigenvalue weighted by Crippen LogP contribution is 2.24. The van der Waals surface area contributed by atoms with Crippen LogP contribution in [-0.2, 0) is 0 Å². The van der Waals surface area contributed by atoms with Crippen molar-refractivity contribution in [1.29, 1.82) is 0 Å². The van der Waals surface area contributed by atoms with E-state index in [0.29, 0.717) is 6.61 Å². The highest BCUT2D eigenvalue weighted by Gasteiger charge is 2.00. The van der Waals surface area contributed by atoms with E-state index in [9.17, 15) is 0 Å². The van der Waals surface area contributed by atoms with Crippen molar-refractivity contribution in [3.05, 3.63) is 34.9 Å². The zero-order valence-electron chi connectivity index (χ0n) is 7.83. The van der Waals surface area contributed by atoms with Crippen LogP contribution in [0.2, 0.25) is 0 Å². The topological polar surface area (TPSA) is 22.1 Å². The lowest BCUT2D eigenvalue weighted by atomic mass is 10.2. The molecule has 0 aliphatic heterocycles. The van der Waals surface area contributed by atoms with Gasteiger partial charge in [0.15, 0.2) is 0 Å². The van der Waals surface area contributed by atoms with E-state index < -0.39 is 0 Å². The van der Waals surface area contributed by atoms with Gasteiger partial charge in [0, 0.05) is 9.86 Å². The quantitative estimate of drug-likeness (QED) is 0.817. The van der Waals surface area contributed by atoms with Gasteiger partial charge in [-0.15, -0.1) is 0 Å². The first-order valence-corrected chi connectivity index (χ1v) is 5.27. The summed E-state index contributed by atoms with van der Waals surface area (Å²) >= 11 is 3.46. The Bertz CT molecular complexity index is 456. The fraction of sp³-hybridized carbons (Fsp3) is 0.182. The molecule has 1 heterocycles. The Morgan fingerprint density at radius 3 is 3.07 bits per heavy atom. The van der Waals surface area contributed by atoms with Crippen molar-refractivity contribution in [1.82, 2.24) is 4.98 Å². The van der Waals surface area contributed by atoms with Gasteiger partial charge in [-0.3, -0.25) is 4.98 Å². The van der Waals surface area contributed by atoms with Crippen molar-refractivity contribution >= 4 is 26.8 Å². The first kappa shape index (κ1) is 9.46. The molecule has 0 amide bonds. The number of hydrogen-bond donors (Lipinski definition) is 0. The van der Waals surface area contributed by atoms with Crippen molar-refractivity contribution in [2.45, 2.75) is 6.92 Å². The van der Waals surface area contributed by atoms with Crippen molar-refractivity contribution in [2.75, 3.05) is 6.61 Å². The average Bonchev–Trinajstić information content (AvgIpc) is 2.18. The summed E-state index contributed by atoms with van der Waals surface area (Å²) in [5.41, 5.74) is 0.968. The van der Waals surface area contributed by atoms with E-state index in [4.69, 9.17) is 4.74 Å². The maximum absolute atomic E-state index is 5.38. The van der Waals surface area contributed by atoms with Gasteiger partial charge >= 0.3 is 0 Å². The van der Waals surface area contributed by atoms with E-state index in [-0.39, 0.29) is 0 Å². The summed E-state index contributed by atoms with van der Waals surface area (Å²) in [6.07, 6.45) is 1.75. The molecular weight excluding hydrogens is 242 g/mol. The molecule has 0 fully saturated rings. The highest BCUT2D eigenvalue weighted by molar-refractivity contribution is 9.10. The van der Waals surface area contributed by atoms with Crippen molar-refractivity contribution in [3.63, 3.8) is 0 Å². The van der Waals surface area contributed by atoms with Gasteiger partial charge in [-0.1, -0.05) is 12.1 Å². The third-order valence-electron chi connectivity index (χ3n) is 1.95. The number of rotatable bonds is 2. The fourth-order valence-corrected chi connectivity index (χ4v) is 1.83. The molecule has 0 atom stereocenters. The van der Waals surface area contributed by atoms with Gasteiger partial charge in [0.1, 0.15) is 5.75 Å². The fourth-order valence-electron chi connectivity index (χ4n) is 1.35. The SMILES string of the molecule is CCOc1cnc2c(Br)cccc2c1. The normalized spacial score (nSPS) is 10.4. The second-order valence-corrected chi connectivity index (χ2v) is 3.77. The lowest BCUT2D eigenvalue weighted by Crippen LogP contribution is -1.92. The summed E-state index contributed by atoms with van der Waals surface area (Å²) in [6.45, 7) is 2.63. The van der Waals surface area contributed by atoms with Crippen molar-refractivity contribution in [2.24, 2.45) is 0 Å². The molecule has 72 valence electrons. The molecule has 3 heteroatoms. The van der Waals surface area contributed by atoms with Gasteiger partial charge in [0.25, 0.3) is 0 Å². The number of halogens is 1. The first-order valence-electron chi connectivity index (χ1n) is 4.48. The molecule has 2 nitrogen and oxygen atoms in total. The lowest BCUT2D eigenvalue weighted by Gasteiger charge is -2.04. The second-order valence-electron chi connectivity index (χ2n) is 2.92. The van der Waals surface area contributed by atoms with Crippen LogP contribution in [0.5, 0.6) is 5.75 Å². The van der Waals surface area contributed by atoms with Crippen LogP contribution in [0, 0.1) is 0 Å². The number of hydrogen-bond acceptors (Lipinski definition) is 2. The van der Waals surface area contributed by atoms with Gasteiger partial charge in [0.05, 0.1) is 18.3 Å². The number of benzene rings is 1. The Hall–Kier alpha value is -1.09. The molecule has 0 N–H and O–H groups in total. The molecule has 0 radical (unpaired) electrons. The maximum atomic E-state index is 5.38.